The van der Waals surface area contributed by atoms with Crippen molar-refractivity contribution >= 4 is 22.2 Å². The molecule has 1 unspecified atom stereocenters. The fourth-order valence-corrected chi connectivity index (χ4v) is 4.13. The lowest BCUT2D eigenvalue weighted by Gasteiger charge is -2.36. The van der Waals surface area contributed by atoms with Crippen LogP contribution in [-0.2, 0) is 12.8 Å². The third-order valence-corrected chi connectivity index (χ3v) is 5.85. The standard InChI is InChI=1S/C15H24N2OS/c1-5-15(2,3)9-6-7-10-11(8-9)19-13(16)12(10)14(18)17-4/h9H,5-8,16H2,1-4H3,(H,17,18). The fraction of sp³-hybridized carbons (Fsp3) is 0.667. The summed E-state index contributed by atoms with van der Waals surface area (Å²) in [5.74, 6) is 0.656. The van der Waals surface area contributed by atoms with E-state index in [9.17, 15) is 4.79 Å². The van der Waals surface area contributed by atoms with Gasteiger partial charge in [0.1, 0.15) is 0 Å². The first-order valence-corrected chi connectivity index (χ1v) is 7.84. The molecule has 0 radical (unpaired) electrons. The summed E-state index contributed by atoms with van der Waals surface area (Å²) >= 11 is 1.61. The SMILES string of the molecule is CCC(C)(C)C1CCc2c(sc(N)c2C(=O)NC)C1. The molecule has 3 N–H and O–H groups in total. The Morgan fingerprint density at radius 1 is 1.53 bits per heavy atom. The minimum atomic E-state index is -0.0387. The molecule has 1 atom stereocenters. The zero-order valence-corrected chi connectivity index (χ0v) is 13.1. The van der Waals surface area contributed by atoms with E-state index in [-0.39, 0.29) is 5.91 Å². The summed E-state index contributed by atoms with van der Waals surface area (Å²) in [4.78, 5) is 13.2. The molecule has 0 bridgehead atoms. The number of carbonyl (C=O) groups is 1. The van der Waals surface area contributed by atoms with Crippen molar-refractivity contribution in [3.63, 3.8) is 0 Å². The van der Waals surface area contributed by atoms with Crippen molar-refractivity contribution in [3.8, 4) is 0 Å². The number of fused-ring (bicyclic) bond motifs is 1. The van der Waals surface area contributed by atoms with E-state index in [1.165, 1.54) is 16.9 Å². The van der Waals surface area contributed by atoms with Crippen molar-refractivity contribution in [2.75, 3.05) is 12.8 Å². The van der Waals surface area contributed by atoms with Crippen LogP contribution in [0.4, 0.5) is 5.00 Å². The van der Waals surface area contributed by atoms with Crippen molar-refractivity contribution in [3.05, 3.63) is 16.0 Å². The predicted molar refractivity (Wildman–Crippen MR) is 81.7 cm³/mol. The Labute approximate surface area is 119 Å². The predicted octanol–water partition coefficient (Wildman–Crippen LogP) is 3.23. The third kappa shape index (κ3) is 2.50. The molecule has 0 fully saturated rings. The molecule has 1 aromatic heterocycles. The summed E-state index contributed by atoms with van der Waals surface area (Å²) in [6.45, 7) is 6.95. The smallest absolute Gasteiger partial charge is 0.254 e. The van der Waals surface area contributed by atoms with E-state index in [0.717, 1.165) is 24.8 Å². The van der Waals surface area contributed by atoms with Gasteiger partial charge in [-0.3, -0.25) is 4.79 Å². The van der Waals surface area contributed by atoms with Crippen molar-refractivity contribution in [2.24, 2.45) is 11.3 Å². The highest BCUT2D eigenvalue weighted by Gasteiger charge is 2.34. The monoisotopic (exact) mass is 280 g/mol. The highest BCUT2D eigenvalue weighted by molar-refractivity contribution is 7.16. The van der Waals surface area contributed by atoms with Gasteiger partial charge in [-0.15, -0.1) is 11.3 Å². The minimum absolute atomic E-state index is 0.0387. The molecule has 0 spiro atoms. The Morgan fingerprint density at radius 2 is 2.21 bits per heavy atom. The molecule has 1 aromatic rings. The zero-order chi connectivity index (χ0) is 14.2. The van der Waals surface area contributed by atoms with Gasteiger partial charge in [0.15, 0.2) is 0 Å². The zero-order valence-electron chi connectivity index (χ0n) is 12.3. The van der Waals surface area contributed by atoms with Gasteiger partial charge < -0.3 is 11.1 Å². The highest BCUT2D eigenvalue weighted by Crippen LogP contribution is 2.44. The molecular weight excluding hydrogens is 256 g/mol. The van der Waals surface area contributed by atoms with Crippen molar-refractivity contribution in [2.45, 2.75) is 46.5 Å². The Balaban J connectivity index is 2.31. The molecule has 2 rings (SSSR count). The van der Waals surface area contributed by atoms with Crippen LogP contribution >= 0.6 is 11.3 Å². The van der Waals surface area contributed by atoms with Crippen LogP contribution in [0.25, 0.3) is 0 Å². The Kier molecular flexibility index (Phi) is 3.90. The number of hydrogen-bond donors (Lipinski definition) is 2. The summed E-state index contributed by atoms with van der Waals surface area (Å²) in [6, 6.07) is 0. The van der Waals surface area contributed by atoms with Gasteiger partial charge in [0.25, 0.3) is 5.91 Å². The number of hydrogen-bond acceptors (Lipinski definition) is 3. The van der Waals surface area contributed by atoms with Crippen molar-refractivity contribution in [1.82, 2.24) is 5.32 Å². The number of carbonyl (C=O) groups excluding carboxylic acids is 1. The maximum atomic E-state index is 11.9. The molecule has 1 heterocycles. The lowest BCUT2D eigenvalue weighted by Crippen LogP contribution is -2.29. The van der Waals surface area contributed by atoms with Gasteiger partial charge in [-0.2, -0.15) is 0 Å². The summed E-state index contributed by atoms with van der Waals surface area (Å²) in [5.41, 5.74) is 8.34. The maximum absolute atomic E-state index is 11.9. The molecule has 0 saturated carbocycles. The minimum Gasteiger partial charge on any atom is -0.390 e. The number of nitrogens with two attached hydrogens (primary N) is 1. The van der Waals surface area contributed by atoms with Crippen LogP contribution in [0.2, 0.25) is 0 Å². The molecule has 3 nitrogen and oxygen atoms in total. The molecule has 4 heteroatoms. The lowest BCUT2D eigenvalue weighted by molar-refractivity contribution is 0.0962. The maximum Gasteiger partial charge on any atom is 0.254 e. The number of nitrogen functional groups attached to an aromatic ring is 1. The molecule has 19 heavy (non-hydrogen) atoms. The second kappa shape index (κ2) is 5.16. The first kappa shape index (κ1) is 14.4. The van der Waals surface area contributed by atoms with E-state index in [4.69, 9.17) is 5.73 Å². The summed E-state index contributed by atoms with van der Waals surface area (Å²) in [5, 5.41) is 3.38. The molecule has 1 amide bonds. The van der Waals surface area contributed by atoms with Gasteiger partial charge in [-0.25, -0.2) is 0 Å². The second-order valence-electron chi connectivity index (χ2n) is 6.10. The van der Waals surface area contributed by atoms with Crippen molar-refractivity contribution < 1.29 is 4.79 Å². The van der Waals surface area contributed by atoms with Crippen LogP contribution in [0.15, 0.2) is 0 Å². The number of rotatable bonds is 3. The molecule has 0 aromatic carbocycles. The van der Waals surface area contributed by atoms with Crippen molar-refractivity contribution in [1.29, 1.82) is 0 Å². The van der Waals surface area contributed by atoms with Gasteiger partial charge in [-0.05, 0) is 36.2 Å². The largest absolute Gasteiger partial charge is 0.390 e. The van der Waals surface area contributed by atoms with Gasteiger partial charge >= 0.3 is 0 Å². The molecule has 1 aliphatic carbocycles. The summed E-state index contributed by atoms with van der Waals surface area (Å²) in [7, 11) is 1.66. The van der Waals surface area contributed by atoms with Crippen LogP contribution in [-0.4, -0.2) is 13.0 Å². The van der Waals surface area contributed by atoms with Gasteiger partial charge in [0.05, 0.1) is 10.6 Å². The van der Waals surface area contributed by atoms with Crippen LogP contribution in [0.1, 0.15) is 54.4 Å². The Hall–Kier alpha value is -1.03. The summed E-state index contributed by atoms with van der Waals surface area (Å²) in [6.07, 6.45) is 4.41. The average molecular weight is 280 g/mol. The normalized spacial score (nSPS) is 19.1. The number of thiophene rings is 1. The van der Waals surface area contributed by atoms with Gasteiger partial charge in [-0.1, -0.05) is 27.2 Å². The van der Waals surface area contributed by atoms with Crippen LogP contribution in [0, 0.1) is 11.3 Å². The number of nitrogens with one attached hydrogen (secondary N) is 1. The summed E-state index contributed by atoms with van der Waals surface area (Å²) < 4.78 is 0. The van der Waals surface area contributed by atoms with Gasteiger partial charge in [0.2, 0.25) is 0 Å². The van der Waals surface area contributed by atoms with Crippen LogP contribution in [0.5, 0.6) is 0 Å². The average Bonchev–Trinajstić information content (AvgIpc) is 2.72. The molecular formula is C15H24N2OS. The molecule has 0 saturated heterocycles. The van der Waals surface area contributed by atoms with Crippen LogP contribution < -0.4 is 11.1 Å². The van der Waals surface area contributed by atoms with E-state index in [2.05, 4.69) is 26.1 Å². The van der Waals surface area contributed by atoms with E-state index in [1.54, 1.807) is 18.4 Å². The van der Waals surface area contributed by atoms with E-state index in [1.807, 2.05) is 0 Å². The molecule has 1 aliphatic rings. The molecule has 106 valence electrons. The Bertz CT molecular complexity index is 491. The first-order valence-electron chi connectivity index (χ1n) is 7.02. The van der Waals surface area contributed by atoms with Crippen LogP contribution in [0.3, 0.4) is 0 Å². The fourth-order valence-electron chi connectivity index (χ4n) is 2.94. The number of anilines is 1. The third-order valence-electron chi connectivity index (χ3n) is 4.76. The van der Waals surface area contributed by atoms with E-state index in [0.29, 0.717) is 16.3 Å². The topological polar surface area (TPSA) is 55.1 Å². The number of amides is 1. The quantitative estimate of drug-likeness (QED) is 0.893. The Morgan fingerprint density at radius 3 is 2.79 bits per heavy atom. The van der Waals surface area contributed by atoms with E-state index < -0.39 is 0 Å². The first-order chi connectivity index (χ1) is 8.90. The van der Waals surface area contributed by atoms with E-state index >= 15 is 0 Å². The molecule has 0 aliphatic heterocycles. The second-order valence-corrected chi connectivity index (χ2v) is 7.24. The highest BCUT2D eigenvalue weighted by atomic mass is 32.1. The van der Waals surface area contributed by atoms with Gasteiger partial charge in [0, 0.05) is 11.9 Å². The lowest BCUT2D eigenvalue weighted by atomic mass is 9.69.